The summed E-state index contributed by atoms with van der Waals surface area (Å²) >= 11 is 0. The minimum absolute atomic E-state index is 0. The van der Waals surface area contributed by atoms with Crippen molar-refractivity contribution in [3.63, 3.8) is 0 Å². The van der Waals surface area contributed by atoms with E-state index >= 15 is 0 Å². The Morgan fingerprint density at radius 3 is 2.50 bits per heavy atom. The van der Waals surface area contributed by atoms with Crippen LogP contribution in [0.1, 0.15) is 13.2 Å². The van der Waals surface area contributed by atoms with Gasteiger partial charge in [-0.2, -0.15) is 0 Å². The van der Waals surface area contributed by atoms with Gasteiger partial charge in [0.2, 0.25) is 0 Å². The van der Waals surface area contributed by atoms with Gasteiger partial charge in [-0.1, -0.05) is 24.8 Å². The molecular formula is C9H10CaO2. The molecule has 0 spiro atoms. The summed E-state index contributed by atoms with van der Waals surface area (Å²) in [5.74, 6) is -0.374. The predicted octanol–water partition coefficient (Wildman–Crippen LogP) is 1.83. The van der Waals surface area contributed by atoms with Crippen LogP contribution in [-0.4, -0.2) is 43.7 Å². The molecule has 0 aliphatic heterocycles. The Bertz CT molecular complexity index is 265. The first kappa shape index (κ1) is 11.7. The molecule has 0 saturated heterocycles. The zero-order valence-electron chi connectivity index (χ0n) is 8.69. The summed E-state index contributed by atoms with van der Waals surface area (Å²) in [5.41, 5.74) is 0.535. The summed E-state index contributed by atoms with van der Waals surface area (Å²) in [5, 5.41) is 0. The van der Waals surface area contributed by atoms with Crippen LogP contribution in [0.3, 0.4) is 0 Å². The summed E-state index contributed by atoms with van der Waals surface area (Å²) in [6, 6.07) is 8.77. The van der Waals surface area contributed by atoms with Crippen molar-refractivity contribution in [1.29, 1.82) is 0 Å². The maximum Gasteiger partial charge on any atom is 2.00 e. The molecule has 0 heterocycles. The van der Waals surface area contributed by atoms with E-state index in [1.54, 1.807) is 24.3 Å². The summed E-state index contributed by atoms with van der Waals surface area (Å²) in [4.78, 5) is 11.0. The number of ether oxygens (including phenoxy) is 1. The van der Waals surface area contributed by atoms with Gasteiger partial charge in [0.05, 0.1) is 11.8 Å². The first-order valence-corrected chi connectivity index (χ1v) is 3.21. The molecule has 0 aliphatic rings. The van der Waals surface area contributed by atoms with E-state index in [4.69, 9.17) is 0 Å². The van der Waals surface area contributed by atoms with E-state index in [-0.39, 0.29) is 46.6 Å². The van der Waals surface area contributed by atoms with E-state index in [0.717, 1.165) is 6.26 Å². The van der Waals surface area contributed by atoms with Crippen molar-refractivity contribution in [3.05, 3.63) is 48.7 Å². The van der Waals surface area contributed by atoms with E-state index in [0.29, 0.717) is 5.56 Å². The van der Waals surface area contributed by atoms with Crippen molar-refractivity contribution >= 4 is 43.7 Å². The van der Waals surface area contributed by atoms with Gasteiger partial charge >= 0.3 is 43.7 Å². The number of hydrogen-bond acceptors (Lipinski definition) is 2. The summed E-state index contributed by atoms with van der Waals surface area (Å²) in [7, 11) is 0. The van der Waals surface area contributed by atoms with E-state index in [2.05, 4.69) is 11.3 Å². The molecule has 12 heavy (non-hydrogen) atoms. The predicted molar refractivity (Wildman–Crippen MR) is 50.0 cm³/mol. The molecule has 0 amide bonds. The Hall–Kier alpha value is -0.310. The summed E-state index contributed by atoms with van der Waals surface area (Å²) in [6.07, 6.45) is 1.12. The molecule has 0 aliphatic carbocycles. The Labute approximate surface area is 104 Å². The number of carbonyl (C=O) groups excluding carboxylic acids is 1. The summed E-state index contributed by atoms with van der Waals surface area (Å²) < 4.78 is 4.55. The van der Waals surface area contributed by atoms with Crippen LogP contribution in [0.25, 0.3) is 0 Å². The van der Waals surface area contributed by atoms with Gasteiger partial charge in [0.15, 0.2) is 0 Å². The van der Waals surface area contributed by atoms with Gasteiger partial charge in [-0.15, -0.1) is 0 Å². The third-order valence-corrected chi connectivity index (χ3v) is 1.20. The quantitative estimate of drug-likeness (QED) is 0.404. The molecule has 0 fully saturated rings. The number of benzene rings is 1. The molecule has 0 bridgehead atoms. The fourth-order valence-electron chi connectivity index (χ4n) is 0.718. The number of esters is 1. The Kier molecular flexibility index (Phi) is 6.07. The first-order valence-electron chi connectivity index (χ1n) is 3.21. The SMILES string of the molecule is C=COC(=O)c1ccccc1.[Ca+2].[H-].[H-]. The van der Waals surface area contributed by atoms with Crippen LogP contribution in [0.2, 0.25) is 0 Å². The fourth-order valence-corrected chi connectivity index (χ4v) is 0.718. The van der Waals surface area contributed by atoms with Crippen LogP contribution in [-0.2, 0) is 4.74 Å². The topological polar surface area (TPSA) is 26.3 Å². The van der Waals surface area contributed by atoms with E-state index < -0.39 is 0 Å². The second kappa shape index (κ2) is 6.23. The second-order valence-electron chi connectivity index (χ2n) is 1.94. The van der Waals surface area contributed by atoms with Crippen LogP contribution in [0.15, 0.2) is 43.2 Å². The van der Waals surface area contributed by atoms with E-state index in [1.165, 1.54) is 0 Å². The standard InChI is InChI=1S/C9H8O2.Ca.2H/c1-2-11-9(10)8-6-4-3-5-7-8;;;/h2-7H,1H2;;;/q;+2;2*-1. The fraction of sp³-hybridized carbons (Fsp3) is 0. The third-order valence-electron chi connectivity index (χ3n) is 1.20. The monoisotopic (exact) mass is 190 g/mol. The van der Waals surface area contributed by atoms with Crippen LogP contribution in [0.5, 0.6) is 0 Å². The van der Waals surface area contributed by atoms with E-state index in [9.17, 15) is 4.79 Å². The zero-order chi connectivity index (χ0) is 8.10. The van der Waals surface area contributed by atoms with Crippen LogP contribution >= 0.6 is 0 Å². The molecule has 0 unspecified atom stereocenters. The van der Waals surface area contributed by atoms with Crippen molar-refractivity contribution in [3.8, 4) is 0 Å². The van der Waals surface area contributed by atoms with Gasteiger partial charge in [-0.05, 0) is 12.1 Å². The van der Waals surface area contributed by atoms with Crippen molar-refractivity contribution in [2.24, 2.45) is 0 Å². The Morgan fingerprint density at radius 2 is 2.00 bits per heavy atom. The molecule has 0 saturated carbocycles. The third kappa shape index (κ3) is 3.39. The number of carbonyl (C=O) groups is 1. The number of rotatable bonds is 2. The minimum atomic E-state index is -0.374. The second-order valence-corrected chi connectivity index (χ2v) is 1.94. The maximum atomic E-state index is 11.0. The van der Waals surface area contributed by atoms with Crippen molar-refractivity contribution in [2.45, 2.75) is 0 Å². The van der Waals surface area contributed by atoms with Gasteiger partial charge in [-0.25, -0.2) is 4.79 Å². The van der Waals surface area contributed by atoms with Gasteiger partial charge in [-0.3, -0.25) is 0 Å². The molecule has 0 atom stereocenters. The Balaban J connectivity index is -0.000000403. The smallest absolute Gasteiger partial charge is 1.00 e. The average molecular weight is 190 g/mol. The molecule has 0 N–H and O–H groups in total. The average Bonchev–Trinajstić information content (AvgIpc) is 2.07. The van der Waals surface area contributed by atoms with Crippen LogP contribution in [0, 0.1) is 0 Å². The van der Waals surface area contributed by atoms with Crippen LogP contribution in [0.4, 0.5) is 0 Å². The summed E-state index contributed by atoms with van der Waals surface area (Å²) in [6.45, 7) is 3.28. The molecule has 0 radical (unpaired) electrons. The molecule has 1 aromatic carbocycles. The largest absolute Gasteiger partial charge is 2.00 e. The maximum absolute atomic E-state index is 11.0. The van der Waals surface area contributed by atoms with E-state index in [1.807, 2.05) is 6.07 Å². The molecule has 1 rings (SSSR count). The molecule has 2 nitrogen and oxygen atoms in total. The van der Waals surface area contributed by atoms with Gasteiger partial charge in [0.25, 0.3) is 0 Å². The molecule has 3 heteroatoms. The molecule has 60 valence electrons. The minimum Gasteiger partial charge on any atom is -1.00 e. The first-order chi connectivity index (χ1) is 5.34. The van der Waals surface area contributed by atoms with Crippen molar-refractivity contribution < 1.29 is 12.4 Å². The number of hydrogen-bond donors (Lipinski definition) is 0. The Morgan fingerprint density at radius 1 is 1.42 bits per heavy atom. The normalized spacial score (nSPS) is 8.00. The van der Waals surface area contributed by atoms with Gasteiger partial charge < -0.3 is 7.59 Å². The molecule has 1 aromatic rings. The van der Waals surface area contributed by atoms with Gasteiger partial charge in [0.1, 0.15) is 0 Å². The molecule has 0 aromatic heterocycles. The van der Waals surface area contributed by atoms with Crippen molar-refractivity contribution in [1.82, 2.24) is 0 Å². The molecular weight excluding hydrogens is 180 g/mol. The van der Waals surface area contributed by atoms with Crippen molar-refractivity contribution in [2.75, 3.05) is 0 Å². The zero-order valence-corrected chi connectivity index (χ0v) is 8.90. The van der Waals surface area contributed by atoms with Crippen LogP contribution < -0.4 is 0 Å². The van der Waals surface area contributed by atoms with Gasteiger partial charge in [0, 0.05) is 0 Å².